The second-order valence-electron chi connectivity index (χ2n) is 2.03. The molecule has 5 heteroatoms. The van der Waals surface area contributed by atoms with Crippen LogP contribution in [-0.2, 0) is 0 Å². The van der Waals surface area contributed by atoms with E-state index in [0.717, 1.165) is 0 Å². The number of rotatable bonds is 1. The molecule has 12 heavy (non-hydrogen) atoms. The number of benzene rings is 1. The fraction of sp³-hybridized carbons (Fsp3) is 0. The van der Waals surface area contributed by atoms with Crippen molar-refractivity contribution in [3.8, 4) is 0 Å². The summed E-state index contributed by atoms with van der Waals surface area (Å²) in [6.45, 7) is 0. The SMILES string of the molecule is O=C(Cl)c1cc(I)c(F)c(I)c1. The maximum absolute atomic E-state index is 13.0. The summed E-state index contributed by atoms with van der Waals surface area (Å²) >= 11 is 8.87. The summed E-state index contributed by atoms with van der Waals surface area (Å²) in [5.41, 5.74) is 0.326. The molecule has 1 aromatic rings. The smallest absolute Gasteiger partial charge is 0.252 e. The normalized spacial score (nSPS) is 10.0. The molecule has 0 saturated heterocycles. The highest BCUT2D eigenvalue weighted by Gasteiger charge is 2.09. The van der Waals surface area contributed by atoms with E-state index in [1.54, 1.807) is 0 Å². The summed E-state index contributed by atoms with van der Waals surface area (Å²) in [5, 5.41) is -0.564. The predicted molar refractivity (Wildman–Crippen MR) is 62.0 cm³/mol. The van der Waals surface area contributed by atoms with Crippen LogP contribution >= 0.6 is 56.8 Å². The molecule has 1 nitrogen and oxygen atoms in total. The molecule has 1 aromatic carbocycles. The molecule has 0 aromatic heterocycles. The third-order valence-electron chi connectivity index (χ3n) is 1.21. The molecule has 64 valence electrons. The summed E-state index contributed by atoms with van der Waals surface area (Å²) in [6, 6.07) is 2.85. The second-order valence-corrected chi connectivity index (χ2v) is 4.70. The molecule has 0 heterocycles. The van der Waals surface area contributed by atoms with Gasteiger partial charge in [0, 0.05) is 5.56 Å². The van der Waals surface area contributed by atoms with E-state index in [-0.39, 0.29) is 5.82 Å². The molecular formula is C7H2ClFI2O. The van der Waals surface area contributed by atoms with Crippen LogP contribution in [0.5, 0.6) is 0 Å². The van der Waals surface area contributed by atoms with E-state index in [1.165, 1.54) is 12.1 Å². The fourth-order valence-electron chi connectivity index (χ4n) is 0.669. The molecule has 0 N–H and O–H groups in total. The van der Waals surface area contributed by atoms with E-state index in [0.29, 0.717) is 12.7 Å². The molecule has 0 spiro atoms. The minimum atomic E-state index is -0.564. The van der Waals surface area contributed by atoms with Crippen LogP contribution in [0.3, 0.4) is 0 Å². The van der Waals surface area contributed by atoms with Gasteiger partial charge in [-0.05, 0) is 68.9 Å². The van der Waals surface area contributed by atoms with Crippen molar-refractivity contribution in [3.63, 3.8) is 0 Å². The molecule has 1 rings (SSSR count). The van der Waals surface area contributed by atoms with Crippen LogP contribution < -0.4 is 0 Å². The quantitative estimate of drug-likeness (QED) is 0.394. The molecular weight excluding hydrogens is 408 g/mol. The number of halogens is 4. The van der Waals surface area contributed by atoms with E-state index >= 15 is 0 Å². The highest BCUT2D eigenvalue weighted by Crippen LogP contribution is 2.20. The number of carbonyl (C=O) groups excluding carboxylic acids is 1. The minimum Gasteiger partial charge on any atom is -0.276 e. The van der Waals surface area contributed by atoms with Gasteiger partial charge in [0.05, 0.1) is 7.14 Å². The Balaban J connectivity index is 3.31. The zero-order valence-corrected chi connectivity index (χ0v) is 10.6. The van der Waals surface area contributed by atoms with Crippen LogP contribution in [0.1, 0.15) is 10.4 Å². The molecule has 0 saturated carbocycles. The van der Waals surface area contributed by atoms with Crippen molar-refractivity contribution in [3.05, 3.63) is 30.7 Å². The lowest BCUT2D eigenvalue weighted by Crippen LogP contribution is -1.95. The van der Waals surface area contributed by atoms with Crippen molar-refractivity contribution < 1.29 is 9.18 Å². The Morgan fingerprint density at radius 1 is 1.33 bits per heavy atom. The maximum Gasteiger partial charge on any atom is 0.252 e. The first-order chi connectivity index (χ1) is 5.52. The lowest BCUT2D eigenvalue weighted by molar-refractivity contribution is 0.108. The Labute approximate surface area is 101 Å². The largest absolute Gasteiger partial charge is 0.276 e. The Hall–Kier alpha value is 0.570. The van der Waals surface area contributed by atoms with Crippen LogP contribution in [-0.4, -0.2) is 5.24 Å². The first kappa shape index (κ1) is 10.6. The monoisotopic (exact) mass is 410 g/mol. The van der Waals surface area contributed by atoms with Gasteiger partial charge in [-0.2, -0.15) is 0 Å². The molecule has 0 amide bonds. The highest BCUT2D eigenvalue weighted by atomic mass is 127. The number of carbonyl (C=O) groups is 1. The molecule has 0 atom stereocenters. The Morgan fingerprint density at radius 2 is 1.75 bits per heavy atom. The third kappa shape index (κ3) is 2.29. The summed E-state index contributed by atoms with van der Waals surface area (Å²) in [6.07, 6.45) is 0. The lowest BCUT2D eigenvalue weighted by Gasteiger charge is -1.99. The van der Waals surface area contributed by atoms with Crippen LogP contribution in [0.25, 0.3) is 0 Å². The third-order valence-corrected chi connectivity index (χ3v) is 3.00. The highest BCUT2D eigenvalue weighted by molar-refractivity contribution is 14.1. The van der Waals surface area contributed by atoms with Gasteiger partial charge in [-0.25, -0.2) is 4.39 Å². The zero-order chi connectivity index (χ0) is 9.30. The Morgan fingerprint density at radius 3 is 2.08 bits per heavy atom. The summed E-state index contributed by atoms with van der Waals surface area (Å²) in [4.78, 5) is 10.7. The van der Waals surface area contributed by atoms with Crippen molar-refractivity contribution in [2.45, 2.75) is 0 Å². The van der Waals surface area contributed by atoms with Crippen molar-refractivity contribution in [1.29, 1.82) is 0 Å². The van der Waals surface area contributed by atoms with Crippen LogP contribution in [0.15, 0.2) is 12.1 Å². The zero-order valence-electron chi connectivity index (χ0n) is 5.57. The van der Waals surface area contributed by atoms with Gasteiger partial charge in [0.1, 0.15) is 5.82 Å². The molecule has 0 aliphatic heterocycles. The summed E-state index contributed by atoms with van der Waals surface area (Å²) < 4.78 is 13.8. The number of hydrogen-bond donors (Lipinski definition) is 0. The minimum absolute atomic E-state index is 0.308. The standard InChI is InChI=1S/C7H2ClFI2O/c8-7(12)3-1-4(10)6(9)5(11)2-3/h1-2H. The van der Waals surface area contributed by atoms with Gasteiger partial charge < -0.3 is 0 Å². The van der Waals surface area contributed by atoms with Gasteiger partial charge in [-0.3, -0.25) is 4.79 Å². The van der Waals surface area contributed by atoms with Gasteiger partial charge >= 0.3 is 0 Å². The molecule has 0 radical (unpaired) electrons. The molecule has 0 bridgehead atoms. The van der Waals surface area contributed by atoms with Crippen molar-refractivity contribution in [2.75, 3.05) is 0 Å². The van der Waals surface area contributed by atoms with E-state index in [9.17, 15) is 9.18 Å². The van der Waals surface area contributed by atoms with Crippen LogP contribution in [0.2, 0.25) is 0 Å². The van der Waals surface area contributed by atoms with E-state index < -0.39 is 5.24 Å². The topological polar surface area (TPSA) is 17.1 Å². The van der Waals surface area contributed by atoms with Crippen LogP contribution in [0, 0.1) is 13.0 Å². The van der Waals surface area contributed by atoms with Gasteiger partial charge in [0.15, 0.2) is 0 Å². The van der Waals surface area contributed by atoms with Crippen molar-refractivity contribution in [2.24, 2.45) is 0 Å². The first-order valence-corrected chi connectivity index (χ1v) is 5.40. The Kier molecular flexibility index (Phi) is 3.72. The van der Waals surface area contributed by atoms with E-state index in [2.05, 4.69) is 0 Å². The van der Waals surface area contributed by atoms with E-state index in [1.807, 2.05) is 45.2 Å². The summed E-state index contributed by atoms with van der Waals surface area (Å²) in [5.74, 6) is -0.308. The molecule has 0 aliphatic rings. The maximum atomic E-state index is 13.0. The Bertz CT molecular complexity index is 317. The van der Waals surface area contributed by atoms with Crippen LogP contribution in [0.4, 0.5) is 4.39 Å². The average Bonchev–Trinajstić information content (AvgIpc) is 1.99. The van der Waals surface area contributed by atoms with E-state index in [4.69, 9.17) is 11.6 Å². The molecule has 0 fully saturated rings. The number of hydrogen-bond acceptors (Lipinski definition) is 1. The van der Waals surface area contributed by atoms with Gasteiger partial charge in [0.25, 0.3) is 5.24 Å². The fourth-order valence-corrected chi connectivity index (χ4v) is 2.55. The average molecular weight is 410 g/mol. The first-order valence-electron chi connectivity index (χ1n) is 2.86. The van der Waals surface area contributed by atoms with Gasteiger partial charge in [-0.15, -0.1) is 0 Å². The molecule has 0 aliphatic carbocycles. The van der Waals surface area contributed by atoms with Crippen molar-refractivity contribution in [1.82, 2.24) is 0 Å². The lowest BCUT2D eigenvalue weighted by atomic mass is 10.2. The molecule has 0 unspecified atom stereocenters. The predicted octanol–water partition coefficient (Wildman–Crippen LogP) is 3.41. The van der Waals surface area contributed by atoms with Crippen molar-refractivity contribution >= 4 is 62.0 Å². The van der Waals surface area contributed by atoms with Gasteiger partial charge in [-0.1, -0.05) is 0 Å². The summed E-state index contributed by atoms with van der Waals surface area (Å²) in [7, 11) is 0. The second kappa shape index (κ2) is 4.19. The van der Waals surface area contributed by atoms with Gasteiger partial charge in [0.2, 0.25) is 0 Å².